The Morgan fingerprint density at radius 2 is 2.07 bits per heavy atom. The SMILES string of the molecule is O=C(Nc1cccc(-c2nccs2)c1)C1CC(=O)N(c2ccc(F)cc2F)C1. The summed E-state index contributed by atoms with van der Waals surface area (Å²) < 4.78 is 27.1. The van der Waals surface area contributed by atoms with Crippen LogP contribution in [0.25, 0.3) is 10.6 Å². The number of thiazole rings is 1. The summed E-state index contributed by atoms with van der Waals surface area (Å²) in [7, 11) is 0. The molecule has 1 aliphatic heterocycles. The minimum atomic E-state index is -0.828. The van der Waals surface area contributed by atoms with Crippen molar-refractivity contribution in [1.82, 2.24) is 4.98 Å². The lowest BCUT2D eigenvalue weighted by atomic mass is 10.1. The highest BCUT2D eigenvalue weighted by molar-refractivity contribution is 7.13. The molecule has 142 valence electrons. The van der Waals surface area contributed by atoms with Crippen LogP contribution in [0.15, 0.2) is 54.0 Å². The number of halogens is 2. The lowest BCUT2D eigenvalue weighted by Crippen LogP contribution is -2.28. The van der Waals surface area contributed by atoms with Gasteiger partial charge in [0.1, 0.15) is 16.6 Å². The number of hydrogen-bond acceptors (Lipinski definition) is 4. The molecule has 1 saturated heterocycles. The zero-order chi connectivity index (χ0) is 19.7. The average molecular weight is 399 g/mol. The Balaban J connectivity index is 1.47. The first kappa shape index (κ1) is 18.2. The van der Waals surface area contributed by atoms with Crippen LogP contribution in [0.5, 0.6) is 0 Å². The molecule has 4 rings (SSSR count). The molecule has 2 amide bonds. The maximum atomic E-state index is 14.0. The Morgan fingerprint density at radius 3 is 2.82 bits per heavy atom. The van der Waals surface area contributed by atoms with Gasteiger partial charge in [-0.15, -0.1) is 11.3 Å². The van der Waals surface area contributed by atoms with Crippen molar-refractivity contribution in [2.24, 2.45) is 5.92 Å². The van der Waals surface area contributed by atoms with E-state index in [1.54, 1.807) is 12.3 Å². The van der Waals surface area contributed by atoms with E-state index in [0.717, 1.165) is 22.7 Å². The summed E-state index contributed by atoms with van der Waals surface area (Å²) in [6.45, 7) is 0.0411. The fraction of sp³-hybridized carbons (Fsp3) is 0.150. The molecule has 1 aromatic heterocycles. The van der Waals surface area contributed by atoms with Crippen molar-refractivity contribution < 1.29 is 18.4 Å². The molecule has 0 spiro atoms. The summed E-state index contributed by atoms with van der Waals surface area (Å²) in [6.07, 6.45) is 1.67. The second-order valence-electron chi connectivity index (χ2n) is 6.41. The number of amides is 2. The van der Waals surface area contributed by atoms with E-state index >= 15 is 0 Å². The van der Waals surface area contributed by atoms with E-state index in [0.29, 0.717) is 5.69 Å². The number of aromatic nitrogens is 1. The van der Waals surface area contributed by atoms with Crippen LogP contribution >= 0.6 is 11.3 Å². The molecule has 5 nitrogen and oxygen atoms in total. The zero-order valence-corrected chi connectivity index (χ0v) is 15.4. The van der Waals surface area contributed by atoms with Crippen LogP contribution in [0, 0.1) is 17.6 Å². The smallest absolute Gasteiger partial charge is 0.229 e. The van der Waals surface area contributed by atoms with Crippen molar-refractivity contribution in [1.29, 1.82) is 0 Å². The molecule has 1 fully saturated rings. The number of carbonyl (C=O) groups is 2. The van der Waals surface area contributed by atoms with Gasteiger partial charge in [0, 0.05) is 41.9 Å². The largest absolute Gasteiger partial charge is 0.326 e. The van der Waals surface area contributed by atoms with Crippen molar-refractivity contribution in [2.45, 2.75) is 6.42 Å². The van der Waals surface area contributed by atoms with Crippen molar-refractivity contribution in [3.8, 4) is 10.6 Å². The van der Waals surface area contributed by atoms with Crippen LogP contribution in [0.3, 0.4) is 0 Å². The fourth-order valence-electron chi connectivity index (χ4n) is 3.16. The van der Waals surface area contributed by atoms with Crippen LogP contribution in [0.2, 0.25) is 0 Å². The third-order valence-corrected chi connectivity index (χ3v) is 5.33. The van der Waals surface area contributed by atoms with E-state index in [2.05, 4.69) is 10.3 Å². The quantitative estimate of drug-likeness (QED) is 0.719. The second kappa shape index (κ2) is 7.47. The van der Waals surface area contributed by atoms with Crippen LogP contribution in [-0.2, 0) is 9.59 Å². The molecule has 2 heterocycles. The predicted octanol–water partition coefficient (Wildman–Crippen LogP) is 4.08. The minimum absolute atomic E-state index is 0.0209. The van der Waals surface area contributed by atoms with Gasteiger partial charge in [0.25, 0.3) is 0 Å². The van der Waals surface area contributed by atoms with E-state index in [4.69, 9.17) is 0 Å². The fourth-order valence-corrected chi connectivity index (χ4v) is 3.79. The number of carbonyl (C=O) groups excluding carboxylic acids is 2. The van der Waals surface area contributed by atoms with Crippen molar-refractivity contribution in [2.75, 3.05) is 16.8 Å². The highest BCUT2D eigenvalue weighted by Crippen LogP contribution is 2.29. The summed E-state index contributed by atoms with van der Waals surface area (Å²) in [4.78, 5) is 30.3. The van der Waals surface area contributed by atoms with Gasteiger partial charge in [-0.05, 0) is 24.3 Å². The van der Waals surface area contributed by atoms with Gasteiger partial charge in [-0.1, -0.05) is 12.1 Å². The first-order chi connectivity index (χ1) is 13.5. The normalized spacial score (nSPS) is 16.4. The molecule has 0 saturated carbocycles. The molecule has 1 N–H and O–H groups in total. The Hall–Kier alpha value is -3.13. The Kier molecular flexibility index (Phi) is 4.87. The number of nitrogens with one attached hydrogen (secondary N) is 1. The Labute approximate surface area is 163 Å². The molecular weight excluding hydrogens is 384 g/mol. The summed E-state index contributed by atoms with van der Waals surface area (Å²) in [5, 5.41) is 5.51. The molecular formula is C20H15F2N3O2S. The Bertz CT molecular complexity index is 1040. The molecule has 1 aliphatic rings. The second-order valence-corrected chi connectivity index (χ2v) is 7.30. The third kappa shape index (κ3) is 3.63. The molecule has 8 heteroatoms. The van der Waals surface area contributed by atoms with Gasteiger partial charge in [-0.2, -0.15) is 0 Å². The average Bonchev–Trinajstić information content (AvgIpc) is 3.32. The monoisotopic (exact) mass is 399 g/mol. The number of nitrogens with zero attached hydrogens (tertiary/aromatic N) is 2. The molecule has 0 bridgehead atoms. The maximum Gasteiger partial charge on any atom is 0.229 e. The highest BCUT2D eigenvalue weighted by atomic mass is 32.1. The maximum absolute atomic E-state index is 14.0. The lowest BCUT2D eigenvalue weighted by Gasteiger charge is -2.17. The van der Waals surface area contributed by atoms with Crippen LogP contribution in [0.1, 0.15) is 6.42 Å². The molecule has 1 atom stereocenters. The van der Waals surface area contributed by atoms with Gasteiger partial charge in [0.05, 0.1) is 11.6 Å². The number of anilines is 2. The van der Waals surface area contributed by atoms with Crippen molar-refractivity contribution >= 4 is 34.5 Å². The first-order valence-electron chi connectivity index (χ1n) is 8.57. The standard InChI is InChI=1S/C20H15F2N3O2S/c21-14-4-5-17(16(22)10-14)25-11-13(9-18(25)26)19(27)24-15-3-1-2-12(8-15)20-23-6-7-28-20/h1-8,10,13H,9,11H2,(H,24,27). The number of rotatable bonds is 4. The molecule has 0 radical (unpaired) electrons. The van der Waals surface area contributed by atoms with Gasteiger partial charge in [0.15, 0.2) is 0 Å². The third-order valence-electron chi connectivity index (χ3n) is 4.51. The topological polar surface area (TPSA) is 62.3 Å². The minimum Gasteiger partial charge on any atom is -0.326 e. The summed E-state index contributed by atoms with van der Waals surface area (Å²) in [5.41, 5.74) is 1.45. The van der Waals surface area contributed by atoms with Crippen molar-refractivity contribution in [3.05, 3.63) is 65.7 Å². The van der Waals surface area contributed by atoms with E-state index < -0.39 is 17.6 Å². The van der Waals surface area contributed by atoms with E-state index in [1.165, 1.54) is 22.3 Å². The van der Waals surface area contributed by atoms with Gasteiger partial charge in [-0.3, -0.25) is 9.59 Å². The lowest BCUT2D eigenvalue weighted by molar-refractivity contribution is -0.122. The Morgan fingerprint density at radius 1 is 1.21 bits per heavy atom. The van der Waals surface area contributed by atoms with Crippen LogP contribution < -0.4 is 10.2 Å². The van der Waals surface area contributed by atoms with Crippen LogP contribution in [0.4, 0.5) is 20.2 Å². The van der Waals surface area contributed by atoms with E-state index in [9.17, 15) is 18.4 Å². The molecule has 0 aliphatic carbocycles. The number of hydrogen-bond donors (Lipinski definition) is 1. The summed E-state index contributed by atoms with van der Waals surface area (Å²) >= 11 is 1.49. The van der Waals surface area contributed by atoms with E-state index in [1.807, 2.05) is 23.6 Å². The first-order valence-corrected chi connectivity index (χ1v) is 9.45. The summed E-state index contributed by atoms with van der Waals surface area (Å²) in [5.74, 6) is -2.87. The molecule has 2 aromatic carbocycles. The molecule has 28 heavy (non-hydrogen) atoms. The van der Waals surface area contributed by atoms with E-state index in [-0.39, 0.29) is 30.5 Å². The highest BCUT2D eigenvalue weighted by Gasteiger charge is 2.36. The van der Waals surface area contributed by atoms with Gasteiger partial charge in [-0.25, -0.2) is 13.8 Å². The van der Waals surface area contributed by atoms with Gasteiger partial charge >= 0.3 is 0 Å². The summed E-state index contributed by atoms with van der Waals surface area (Å²) in [6, 6.07) is 10.3. The van der Waals surface area contributed by atoms with Crippen LogP contribution in [-0.4, -0.2) is 23.3 Å². The number of benzene rings is 2. The van der Waals surface area contributed by atoms with Gasteiger partial charge in [0.2, 0.25) is 11.8 Å². The zero-order valence-electron chi connectivity index (χ0n) is 14.6. The molecule has 3 aromatic rings. The predicted molar refractivity (Wildman–Crippen MR) is 103 cm³/mol. The van der Waals surface area contributed by atoms with Gasteiger partial charge < -0.3 is 10.2 Å². The molecule has 1 unspecified atom stereocenters. The van der Waals surface area contributed by atoms with Crippen molar-refractivity contribution in [3.63, 3.8) is 0 Å².